The van der Waals surface area contributed by atoms with E-state index in [9.17, 15) is 18.8 Å². The number of hydrogen-bond acceptors (Lipinski definition) is 7. The summed E-state index contributed by atoms with van der Waals surface area (Å²) < 4.78 is 29.9. The molecule has 198 valence electrons. The maximum absolute atomic E-state index is 13.7. The van der Waals surface area contributed by atoms with E-state index in [1.54, 1.807) is 41.5 Å². The highest BCUT2D eigenvalue weighted by Crippen LogP contribution is 2.29. The Morgan fingerprint density at radius 3 is 2.06 bits per heavy atom. The number of methoxy groups -OCH3 is 1. The fraction of sp³-hybridized carbons (Fsp3) is 0.481. The van der Waals surface area contributed by atoms with Crippen LogP contribution in [0.3, 0.4) is 0 Å². The van der Waals surface area contributed by atoms with E-state index >= 15 is 0 Å². The van der Waals surface area contributed by atoms with Crippen molar-refractivity contribution < 1.29 is 33.0 Å². The number of amides is 1. The highest BCUT2D eigenvalue weighted by Gasteiger charge is 2.28. The topological polar surface area (TPSA) is 103 Å². The average Bonchev–Trinajstić information content (AvgIpc) is 2.78. The van der Waals surface area contributed by atoms with Gasteiger partial charge in [-0.05, 0) is 76.2 Å². The van der Waals surface area contributed by atoms with Gasteiger partial charge in [0, 0.05) is 5.92 Å². The Morgan fingerprint density at radius 1 is 1.06 bits per heavy atom. The molecule has 1 amide bonds. The number of hydrogen-bond donors (Lipinski definition) is 1. The molecule has 0 saturated carbocycles. The summed E-state index contributed by atoms with van der Waals surface area (Å²) >= 11 is 0. The van der Waals surface area contributed by atoms with Gasteiger partial charge >= 0.3 is 11.9 Å². The van der Waals surface area contributed by atoms with Gasteiger partial charge in [-0.2, -0.15) is 0 Å². The molecule has 8 nitrogen and oxygen atoms in total. The average molecular weight is 505 g/mol. The van der Waals surface area contributed by atoms with Gasteiger partial charge < -0.3 is 19.5 Å². The first-order valence-corrected chi connectivity index (χ1v) is 11.7. The number of aryl methyl sites for hydroxylation is 2. The Hall–Kier alpha value is -3.49. The summed E-state index contributed by atoms with van der Waals surface area (Å²) in [5.41, 5.74) is 2.09. The van der Waals surface area contributed by atoms with Gasteiger partial charge in [-0.3, -0.25) is 14.6 Å². The molecule has 1 rings (SSSR count). The van der Waals surface area contributed by atoms with Gasteiger partial charge in [-0.1, -0.05) is 20.8 Å². The predicted octanol–water partition coefficient (Wildman–Crippen LogP) is 4.64. The molecule has 36 heavy (non-hydrogen) atoms. The van der Waals surface area contributed by atoms with Gasteiger partial charge in [-0.15, -0.1) is 0 Å². The molecule has 9 heteroatoms. The molecular formula is C27H37FN2O6. The lowest BCUT2D eigenvalue weighted by molar-refractivity contribution is -0.152. The van der Waals surface area contributed by atoms with Crippen LogP contribution in [-0.2, 0) is 28.6 Å². The van der Waals surface area contributed by atoms with E-state index in [2.05, 4.69) is 17.0 Å². The highest BCUT2D eigenvalue weighted by molar-refractivity contribution is 5.97. The maximum atomic E-state index is 13.7. The molecule has 0 aliphatic rings. The summed E-state index contributed by atoms with van der Waals surface area (Å²) in [6.45, 7) is 17.0. The van der Waals surface area contributed by atoms with Crippen molar-refractivity contribution in [2.45, 2.75) is 73.5 Å². The van der Waals surface area contributed by atoms with E-state index in [1.807, 2.05) is 6.92 Å². The monoisotopic (exact) mass is 504 g/mol. The summed E-state index contributed by atoms with van der Waals surface area (Å²) in [5.74, 6) is -3.21. The molecule has 0 unspecified atom stereocenters. The smallest absolute Gasteiger partial charge is 0.328 e. The highest BCUT2D eigenvalue weighted by atomic mass is 19.1. The lowest BCUT2D eigenvalue weighted by atomic mass is 9.88. The molecular weight excluding hydrogens is 467 g/mol. The molecule has 1 N–H and O–H groups in total. The molecule has 0 saturated heterocycles. The molecule has 1 aromatic carbocycles. The van der Waals surface area contributed by atoms with Crippen molar-refractivity contribution in [3.8, 4) is 0 Å². The second-order valence-corrected chi connectivity index (χ2v) is 8.85. The zero-order valence-electron chi connectivity index (χ0n) is 22.5. The van der Waals surface area contributed by atoms with Crippen LogP contribution in [-0.4, -0.2) is 43.8 Å². The van der Waals surface area contributed by atoms with Crippen molar-refractivity contribution in [2.75, 3.05) is 7.11 Å². The number of carbonyl (C=O) groups is 3. The molecule has 0 bridgehead atoms. The molecule has 0 aliphatic heterocycles. The predicted molar refractivity (Wildman–Crippen MR) is 136 cm³/mol. The van der Waals surface area contributed by atoms with Crippen LogP contribution in [0.2, 0.25) is 0 Å². The van der Waals surface area contributed by atoms with Gasteiger partial charge in [0.25, 0.3) is 5.91 Å². The van der Waals surface area contributed by atoms with E-state index in [4.69, 9.17) is 14.2 Å². The lowest BCUT2D eigenvalue weighted by Gasteiger charge is -2.25. The van der Waals surface area contributed by atoms with Crippen LogP contribution < -0.4 is 5.32 Å². The minimum absolute atomic E-state index is 0.101. The van der Waals surface area contributed by atoms with E-state index in [-0.39, 0.29) is 29.0 Å². The van der Waals surface area contributed by atoms with Gasteiger partial charge in [0.1, 0.15) is 18.0 Å². The third kappa shape index (κ3) is 7.76. The van der Waals surface area contributed by atoms with E-state index in [0.29, 0.717) is 0 Å². The standard InChI is InChI=1S/C27H37FN2O6/c1-11-21(34-10)24(36-26(32)14(2)3)23(29-9)25(31)30-18(7)27(33)35-19(8)17(6)22-15(4)12-20(28)13-16(22)5/h11-14,17-19H,9H2,1-8,10H3,(H,30,31)/b21-11+,24-23+/t17-,18-,19+/m0/s1. The SMILES string of the molecule is C=N/C(C(=O)N[C@@H](C)C(=O)O[C@H](C)[C@H](C)c1c(C)cc(F)cc1C)=C(OC(=O)C(C)C)\C(=C/C)OC. The molecule has 0 aromatic heterocycles. The van der Waals surface area contributed by atoms with Gasteiger partial charge in [0.05, 0.1) is 13.0 Å². The first-order valence-electron chi connectivity index (χ1n) is 11.7. The fourth-order valence-electron chi connectivity index (χ4n) is 3.61. The Kier molecular flexibility index (Phi) is 11.5. The van der Waals surface area contributed by atoms with Crippen molar-refractivity contribution in [3.05, 3.63) is 57.9 Å². The molecule has 0 radical (unpaired) electrons. The van der Waals surface area contributed by atoms with Crippen molar-refractivity contribution in [2.24, 2.45) is 10.9 Å². The number of rotatable bonds is 11. The second-order valence-electron chi connectivity index (χ2n) is 8.85. The van der Waals surface area contributed by atoms with Crippen molar-refractivity contribution in [3.63, 3.8) is 0 Å². The van der Waals surface area contributed by atoms with Crippen molar-refractivity contribution in [1.29, 1.82) is 0 Å². The van der Waals surface area contributed by atoms with E-state index in [0.717, 1.165) is 16.7 Å². The summed E-state index contributed by atoms with van der Waals surface area (Å²) in [6.07, 6.45) is 0.944. The number of ether oxygens (including phenoxy) is 3. The van der Waals surface area contributed by atoms with Crippen LogP contribution in [0.25, 0.3) is 0 Å². The Labute approximate surface area is 212 Å². The van der Waals surface area contributed by atoms with Gasteiger partial charge in [0.2, 0.25) is 5.76 Å². The minimum Gasteiger partial charge on any atom is -0.493 e. The summed E-state index contributed by atoms with van der Waals surface area (Å²) in [6, 6.07) is 1.82. The molecule has 1 aromatic rings. The normalized spacial score (nSPS) is 14.8. The quantitative estimate of drug-likeness (QED) is 0.155. The zero-order valence-corrected chi connectivity index (χ0v) is 22.5. The number of nitrogens with zero attached hydrogens (tertiary/aromatic N) is 1. The Morgan fingerprint density at radius 2 is 1.61 bits per heavy atom. The first kappa shape index (κ1) is 30.5. The lowest BCUT2D eigenvalue weighted by Crippen LogP contribution is -2.42. The third-order valence-corrected chi connectivity index (χ3v) is 5.69. The molecule has 0 fully saturated rings. The summed E-state index contributed by atoms with van der Waals surface area (Å²) in [7, 11) is 1.35. The molecule has 0 heterocycles. The van der Waals surface area contributed by atoms with E-state index in [1.165, 1.54) is 32.2 Å². The van der Waals surface area contributed by atoms with Gasteiger partial charge in [-0.25, -0.2) is 9.18 Å². The number of carbonyl (C=O) groups excluding carboxylic acids is 3. The molecule has 3 atom stereocenters. The number of aliphatic imine (C=N–C) groups is 1. The van der Waals surface area contributed by atoms with Crippen LogP contribution in [0.15, 0.2) is 40.4 Å². The van der Waals surface area contributed by atoms with Crippen LogP contribution in [0.1, 0.15) is 64.2 Å². The summed E-state index contributed by atoms with van der Waals surface area (Å²) in [5, 5.41) is 2.50. The van der Waals surface area contributed by atoms with Crippen LogP contribution in [0.4, 0.5) is 4.39 Å². The van der Waals surface area contributed by atoms with E-state index < -0.39 is 35.9 Å². The molecule has 0 spiro atoms. The summed E-state index contributed by atoms with van der Waals surface area (Å²) in [4.78, 5) is 41.6. The molecule has 0 aliphatic carbocycles. The number of benzene rings is 1. The third-order valence-electron chi connectivity index (χ3n) is 5.69. The van der Waals surface area contributed by atoms with Gasteiger partial charge in [0.15, 0.2) is 11.5 Å². The van der Waals surface area contributed by atoms with Crippen molar-refractivity contribution >= 4 is 24.6 Å². The number of halogens is 1. The van der Waals surface area contributed by atoms with Crippen LogP contribution in [0, 0.1) is 25.6 Å². The Balaban J connectivity index is 3.09. The minimum atomic E-state index is -1.06. The number of allylic oxidation sites excluding steroid dienone is 1. The Bertz CT molecular complexity index is 1040. The number of nitrogens with one attached hydrogen (secondary N) is 1. The number of esters is 2. The van der Waals surface area contributed by atoms with Crippen LogP contribution >= 0.6 is 0 Å². The fourth-order valence-corrected chi connectivity index (χ4v) is 3.61. The van der Waals surface area contributed by atoms with Crippen LogP contribution in [0.5, 0.6) is 0 Å². The van der Waals surface area contributed by atoms with Crippen molar-refractivity contribution in [1.82, 2.24) is 5.32 Å². The zero-order chi connectivity index (χ0) is 27.7. The largest absolute Gasteiger partial charge is 0.493 e. The first-order chi connectivity index (χ1) is 16.8. The maximum Gasteiger partial charge on any atom is 0.328 e. The second kappa shape index (κ2) is 13.6.